The molecule has 0 unspecified atom stereocenters. The Balaban J connectivity index is 2.34. The van der Waals surface area contributed by atoms with Crippen LogP contribution in [0.3, 0.4) is 0 Å². The maximum absolute atomic E-state index is 13.9. The van der Waals surface area contributed by atoms with Crippen molar-refractivity contribution in [1.29, 1.82) is 0 Å². The van der Waals surface area contributed by atoms with Gasteiger partial charge in [0.25, 0.3) is 0 Å². The second kappa shape index (κ2) is 17.9. The third-order valence-electron chi connectivity index (χ3n) is 7.31. The van der Waals surface area contributed by atoms with Gasteiger partial charge in [0.2, 0.25) is 29.5 Å². The van der Waals surface area contributed by atoms with Crippen LogP contribution in [0.1, 0.15) is 52.2 Å². The number of hydrogen-bond acceptors (Lipinski definition) is 6. The molecule has 0 bridgehead atoms. The molecule has 0 aromatic heterocycles. The van der Waals surface area contributed by atoms with Gasteiger partial charge in [0.05, 0.1) is 6.04 Å². The number of carbonyl (C=O) groups excluding carboxylic acids is 5. The lowest BCUT2D eigenvalue weighted by molar-refractivity contribution is -0.136. The molecule has 6 N–H and O–H groups in total. The quantitative estimate of drug-likeness (QED) is 0.191. The van der Waals surface area contributed by atoms with Crippen LogP contribution in [0.2, 0.25) is 0 Å². The van der Waals surface area contributed by atoms with E-state index in [0.717, 1.165) is 11.1 Å². The topological polar surface area (TPSA) is 163 Å². The van der Waals surface area contributed by atoms with E-state index in [1.807, 2.05) is 74.5 Å². The van der Waals surface area contributed by atoms with Crippen LogP contribution in [-0.2, 0) is 36.8 Å². The molecule has 0 radical (unpaired) electrons. The van der Waals surface area contributed by atoms with Crippen molar-refractivity contribution >= 4 is 29.5 Å². The molecule has 5 atom stereocenters. The van der Waals surface area contributed by atoms with Crippen molar-refractivity contribution in [2.75, 3.05) is 14.1 Å². The molecule has 0 fully saturated rings. The number of benzene rings is 2. The van der Waals surface area contributed by atoms with Gasteiger partial charge in [-0.15, -0.1) is 0 Å². The van der Waals surface area contributed by atoms with Crippen LogP contribution in [0.25, 0.3) is 0 Å². The van der Waals surface area contributed by atoms with E-state index < -0.39 is 53.8 Å². The fourth-order valence-corrected chi connectivity index (χ4v) is 4.83. The molecule has 0 saturated carbocycles. The Labute approximate surface area is 267 Å². The van der Waals surface area contributed by atoms with Gasteiger partial charge in [-0.25, -0.2) is 0 Å². The van der Waals surface area contributed by atoms with Gasteiger partial charge in [-0.2, -0.15) is 0 Å². The van der Waals surface area contributed by atoms with E-state index in [1.165, 1.54) is 4.90 Å². The summed E-state index contributed by atoms with van der Waals surface area (Å²) in [5, 5.41) is 11.1. The van der Waals surface area contributed by atoms with Crippen LogP contribution in [0.4, 0.5) is 0 Å². The average Bonchev–Trinajstić information content (AvgIpc) is 2.98. The summed E-state index contributed by atoms with van der Waals surface area (Å²) < 4.78 is 0. The maximum Gasteiger partial charge on any atom is 0.244 e. The van der Waals surface area contributed by atoms with Gasteiger partial charge in [-0.05, 0) is 36.3 Å². The Morgan fingerprint density at radius 2 is 1.09 bits per heavy atom. The molecule has 0 aliphatic rings. The fraction of sp³-hybridized carbons (Fsp3) is 0.500. The van der Waals surface area contributed by atoms with Crippen molar-refractivity contribution < 1.29 is 24.0 Å². The highest BCUT2D eigenvalue weighted by atomic mass is 16.2. The zero-order chi connectivity index (χ0) is 33.7. The smallest absolute Gasteiger partial charge is 0.244 e. The molecular formula is C34H50N6O5. The highest BCUT2D eigenvalue weighted by molar-refractivity contribution is 5.96. The molecule has 0 heterocycles. The summed E-state index contributed by atoms with van der Waals surface area (Å²) in [6, 6.07) is 13.7. The third-order valence-corrected chi connectivity index (χ3v) is 7.31. The molecule has 45 heavy (non-hydrogen) atoms. The van der Waals surface area contributed by atoms with Crippen molar-refractivity contribution in [3.05, 3.63) is 71.8 Å². The number of nitrogens with one attached hydrogen (secondary N) is 4. The second-order valence-corrected chi connectivity index (χ2v) is 12.4. The molecule has 246 valence electrons. The predicted molar refractivity (Wildman–Crippen MR) is 175 cm³/mol. The van der Waals surface area contributed by atoms with Crippen molar-refractivity contribution in [1.82, 2.24) is 26.2 Å². The van der Waals surface area contributed by atoms with E-state index >= 15 is 0 Å². The number of nitrogens with two attached hydrogens (primary N) is 1. The van der Waals surface area contributed by atoms with Gasteiger partial charge in [0.1, 0.15) is 24.2 Å². The summed E-state index contributed by atoms with van der Waals surface area (Å²) >= 11 is 0. The summed E-state index contributed by atoms with van der Waals surface area (Å²) in [6.07, 6.45) is 0.756. The van der Waals surface area contributed by atoms with Crippen LogP contribution in [0.15, 0.2) is 60.7 Å². The fourth-order valence-electron chi connectivity index (χ4n) is 4.83. The summed E-state index contributed by atoms with van der Waals surface area (Å²) in [4.78, 5) is 67.5. The molecular weight excluding hydrogens is 572 g/mol. The van der Waals surface area contributed by atoms with E-state index in [1.54, 1.807) is 34.9 Å². The minimum absolute atomic E-state index is 0.138. The van der Waals surface area contributed by atoms with Crippen LogP contribution in [0, 0.1) is 11.8 Å². The first-order valence-electron chi connectivity index (χ1n) is 15.5. The molecule has 2 rings (SSSR count). The van der Waals surface area contributed by atoms with Gasteiger partial charge in [0.15, 0.2) is 0 Å². The minimum Gasteiger partial charge on any atom is -0.347 e. The highest BCUT2D eigenvalue weighted by Crippen LogP contribution is 2.10. The Kier molecular flexibility index (Phi) is 14.7. The van der Waals surface area contributed by atoms with Crippen LogP contribution < -0.4 is 27.0 Å². The zero-order valence-electron chi connectivity index (χ0n) is 27.5. The molecule has 11 heteroatoms. The van der Waals surface area contributed by atoms with Gasteiger partial charge in [-0.3, -0.25) is 24.0 Å². The molecule has 0 aliphatic carbocycles. The third kappa shape index (κ3) is 12.3. The van der Waals surface area contributed by atoms with E-state index in [-0.39, 0.29) is 30.6 Å². The largest absolute Gasteiger partial charge is 0.347 e. The first-order valence-corrected chi connectivity index (χ1v) is 15.5. The summed E-state index contributed by atoms with van der Waals surface area (Å²) in [6.45, 7) is 9.08. The number of nitrogens with zero attached hydrogens (tertiary/aromatic N) is 1. The molecule has 2 aromatic carbocycles. The van der Waals surface area contributed by atoms with Crippen LogP contribution >= 0.6 is 0 Å². The predicted octanol–water partition coefficient (Wildman–Crippen LogP) is 1.55. The van der Waals surface area contributed by atoms with Crippen molar-refractivity contribution in [3.63, 3.8) is 0 Å². The lowest BCUT2D eigenvalue weighted by atomic mass is 9.99. The average molecular weight is 623 g/mol. The second-order valence-electron chi connectivity index (χ2n) is 12.4. The normalized spacial score (nSPS) is 14.4. The van der Waals surface area contributed by atoms with E-state index in [2.05, 4.69) is 21.3 Å². The number of likely N-dealkylation sites (N-methyl/N-ethyl adjacent to an activating group) is 1. The number of carbonyl (C=O) groups is 5. The SMILES string of the molecule is CC(C)C[C@@H](N)C(=O)N[C@@H](C(=O)N[C@H](Cc1ccccc1)C(=O)N[C@H](Cc1ccccc1)C(=O)N[C@H](C)C(=O)N(C)C)C(C)C. The first kappa shape index (κ1) is 36.9. The summed E-state index contributed by atoms with van der Waals surface area (Å²) in [5.41, 5.74) is 7.65. The van der Waals surface area contributed by atoms with Crippen LogP contribution in [-0.4, -0.2) is 78.7 Å². The Morgan fingerprint density at radius 1 is 0.644 bits per heavy atom. The number of rotatable bonds is 16. The zero-order valence-corrected chi connectivity index (χ0v) is 27.5. The van der Waals surface area contributed by atoms with Gasteiger partial charge >= 0.3 is 0 Å². The Bertz CT molecular complexity index is 1270. The lowest BCUT2D eigenvalue weighted by Crippen LogP contribution is -2.60. The van der Waals surface area contributed by atoms with Crippen LogP contribution in [0.5, 0.6) is 0 Å². The molecule has 5 amide bonds. The lowest BCUT2D eigenvalue weighted by Gasteiger charge is -2.28. The summed E-state index contributed by atoms with van der Waals surface area (Å²) in [7, 11) is 3.19. The molecule has 0 spiro atoms. The van der Waals surface area contributed by atoms with Gasteiger partial charge < -0.3 is 31.9 Å². The maximum atomic E-state index is 13.9. The number of amides is 5. The molecule has 0 saturated heterocycles. The van der Waals surface area contributed by atoms with Crippen molar-refractivity contribution in [2.45, 2.75) is 84.1 Å². The molecule has 2 aromatic rings. The molecule has 0 aliphatic heterocycles. The van der Waals surface area contributed by atoms with E-state index in [4.69, 9.17) is 5.73 Å². The number of hydrogen-bond donors (Lipinski definition) is 5. The van der Waals surface area contributed by atoms with Crippen molar-refractivity contribution in [2.24, 2.45) is 17.6 Å². The van der Waals surface area contributed by atoms with Gasteiger partial charge in [0, 0.05) is 26.9 Å². The monoisotopic (exact) mass is 622 g/mol. The van der Waals surface area contributed by atoms with E-state index in [9.17, 15) is 24.0 Å². The first-order chi connectivity index (χ1) is 21.2. The van der Waals surface area contributed by atoms with E-state index in [0.29, 0.717) is 6.42 Å². The van der Waals surface area contributed by atoms with Crippen molar-refractivity contribution in [3.8, 4) is 0 Å². The highest BCUT2D eigenvalue weighted by Gasteiger charge is 2.33. The van der Waals surface area contributed by atoms with Gasteiger partial charge in [-0.1, -0.05) is 88.4 Å². The minimum atomic E-state index is -1.07. The Hall–Kier alpha value is -4.25. The Morgan fingerprint density at radius 3 is 1.51 bits per heavy atom. The summed E-state index contributed by atoms with van der Waals surface area (Å²) in [5.74, 6) is -2.50. The standard InChI is InChI=1S/C34H50N6O5/c1-21(2)18-26(35)30(41)39-29(22(3)4)33(44)38-28(20-25-16-12-9-13-17-25)32(43)37-27(19-24-14-10-8-11-15-24)31(42)36-23(5)34(45)40(6)7/h8-17,21-23,26-29H,18-20,35H2,1-7H3,(H,36,42)(H,37,43)(H,38,44)(H,39,41)/t23-,26-,27-,28-,29-/m1/s1. The molecule has 11 nitrogen and oxygen atoms in total.